The van der Waals surface area contributed by atoms with Crippen LogP contribution in [0.1, 0.15) is 12.5 Å². The maximum Gasteiger partial charge on any atom is 0.333 e. The Morgan fingerprint density at radius 3 is 2.91 bits per heavy atom. The van der Waals surface area contributed by atoms with Crippen LogP contribution in [0.25, 0.3) is 0 Å². The zero-order chi connectivity index (χ0) is 15.6. The summed E-state index contributed by atoms with van der Waals surface area (Å²) in [6, 6.07) is 8.05. The Morgan fingerprint density at radius 1 is 1.32 bits per heavy atom. The number of hydrogen-bond acceptors (Lipinski definition) is 4. The number of thioether (sulfide) groups is 1. The van der Waals surface area contributed by atoms with Crippen LogP contribution in [-0.2, 0) is 14.3 Å². The summed E-state index contributed by atoms with van der Waals surface area (Å²) in [6.07, 6.45) is 8.62. The molecule has 0 radical (unpaired) electrons. The first-order valence-electron chi connectivity index (χ1n) is 7.22. The molecular weight excluding hydrogens is 296 g/mol. The van der Waals surface area contributed by atoms with E-state index >= 15 is 0 Å². The molecule has 4 heteroatoms. The zero-order valence-electron chi connectivity index (χ0n) is 12.5. The van der Waals surface area contributed by atoms with E-state index in [4.69, 9.17) is 9.47 Å². The Bertz CT molecular complexity index is 662. The highest BCUT2D eigenvalue weighted by Gasteiger charge is 2.55. The Labute approximate surface area is 134 Å². The van der Waals surface area contributed by atoms with Crippen molar-refractivity contribution in [3.05, 3.63) is 66.3 Å². The van der Waals surface area contributed by atoms with Gasteiger partial charge in [0.15, 0.2) is 0 Å². The van der Waals surface area contributed by atoms with Crippen molar-refractivity contribution in [2.45, 2.75) is 16.9 Å². The maximum absolute atomic E-state index is 11.3. The van der Waals surface area contributed by atoms with Gasteiger partial charge < -0.3 is 9.47 Å². The number of carbonyl (C=O) groups is 1. The van der Waals surface area contributed by atoms with Crippen LogP contribution in [0, 0.1) is 0 Å². The minimum absolute atomic E-state index is 0.0136. The fraction of sp³-hybridized carbons (Fsp3) is 0.278. The fourth-order valence-corrected chi connectivity index (χ4v) is 3.75. The standard InChI is InChI=1S/C18H18O3S/c1-13(2)17(19)21-12-11-20-15-8-4-3-7-14(15)18-10-6-5-9-16(18)22-18/h3-10,16H,1,11-12H2,2H3. The molecule has 1 heterocycles. The van der Waals surface area contributed by atoms with Crippen molar-refractivity contribution in [2.75, 3.05) is 13.2 Å². The monoisotopic (exact) mass is 314 g/mol. The first-order chi connectivity index (χ1) is 10.6. The van der Waals surface area contributed by atoms with Crippen molar-refractivity contribution < 1.29 is 14.3 Å². The molecular formula is C18H18O3S. The molecule has 1 aliphatic carbocycles. The predicted octanol–water partition coefficient (Wildman–Crippen LogP) is 3.62. The predicted molar refractivity (Wildman–Crippen MR) is 89.0 cm³/mol. The number of allylic oxidation sites excluding steroid dienone is 2. The average Bonchev–Trinajstić information content (AvgIpc) is 3.27. The number of para-hydroxylation sites is 1. The van der Waals surface area contributed by atoms with Gasteiger partial charge in [-0.05, 0) is 13.0 Å². The van der Waals surface area contributed by atoms with Gasteiger partial charge in [-0.3, -0.25) is 0 Å². The molecule has 0 saturated carbocycles. The fourth-order valence-electron chi connectivity index (χ4n) is 2.49. The molecule has 0 spiro atoms. The first kappa shape index (κ1) is 15.0. The van der Waals surface area contributed by atoms with Crippen LogP contribution in [-0.4, -0.2) is 24.4 Å². The number of hydrogen-bond donors (Lipinski definition) is 0. The lowest BCUT2D eigenvalue weighted by atomic mass is 9.92. The van der Waals surface area contributed by atoms with Crippen molar-refractivity contribution in [1.82, 2.24) is 0 Å². The van der Waals surface area contributed by atoms with Gasteiger partial charge in [0.2, 0.25) is 0 Å². The van der Waals surface area contributed by atoms with Crippen LogP contribution >= 0.6 is 11.8 Å². The van der Waals surface area contributed by atoms with E-state index in [0.717, 1.165) is 5.75 Å². The lowest BCUT2D eigenvalue weighted by molar-refractivity contribution is -0.139. The highest BCUT2D eigenvalue weighted by atomic mass is 32.2. The van der Waals surface area contributed by atoms with E-state index in [0.29, 0.717) is 17.4 Å². The molecule has 3 nitrogen and oxygen atoms in total. The molecule has 2 atom stereocenters. The molecule has 2 aliphatic rings. The highest BCUT2D eigenvalue weighted by molar-refractivity contribution is 8.08. The van der Waals surface area contributed by atoms with Gasteiger partial charge in [0, 0.05) is 16.4 Å². The van der Waals surface area contributed by atoms with E-state index in [9.17, 15) is 4.79 Å². The second-order valence-electron chi connectivity index (χ2n) is 5.34. The van der Waals surface area contributed by atoms with Gasteiger partial charge in [0.25, 0.3) is 0 Å². The number of ether oxygens (including phenoxy) is 2. The van der Waals surface area contributed by atoms with Crippen LogP contribution in [0.15, 0.2) is 60.7 Å². The lowest BCUT2D eigenvalue weighted by Gasteiger charge is -2.17. The number of esters is 1. The second kappa shape index (κ2) is 6.05. The number of fused-ring (bicyclic) bond motifs is 1. The Balaban J connectivity index is 1.64. The third-order valence-electron chi connectivity index (χ3n) is 3.66. The summed E-state index contributed by atoms with van der Waals surface area (Å²) in [6.45, 7) is 5.74. The summed E-state index contributed by atoms with van der Waals surface area (Å²) in [5.41, 5.74) is 1.58. The Morgan fingerprint density at radius 2 is 2.14 bits per heavy atom. The molecule has 0 bridgehead atoms. The van der Waals surface area contributed by atoms with Gasteiger partial charge >= 0.3 is 5.97 Å². The molecule has 1 saturated heterocycles. The average molecular weight is 314 g/mol. The van der Waals surface area contributed by atoms with E-state index in [-0.39, 0.29) is 17.3 Å². The van der Waals surface area contributed by atoms with E-state index < -0.39 is 0 Å². The van der Waals surface area contributed by atoms with Crippen molar-refractivity contribution in [3.8, 4) is 5.75 Å². The summed E-state index contributed by atoms with van der Waals surface area (Å²) in [5.74, 6) is 0.470. The maximum atomic E-state index is 11.3. The normalized spacial score (nSPS) is 24.5. The third-order valence-corrected chi connectivity index (χ3v) is 5.19. The van der Waals surface area contributed by atoms with Crippen LogP contribution in [0.4, 0.5) is 0 Å². The smallest absolute Gasteiger partial charge is 0.333 e. The summed E-state index contributed by atoms with van der Waals surface area (Å²) in [4.78, 5) is 11.3. The van der Waals surface area contributed by atoms with E-state index in [1.54, 1.807) is 6.92 Å². The van der Waals surface area contributed by atoms with Crippen molar-refractivity contribution in [2.24, 2.45) is 0 Å². The second-order valence-corrected chi connectivity index (χ2v) is 6.76. The molecule has 1 aliphatic heterocycles. The van der Waals surface area contributed by atoms with Gasteiger partial charge in [-0.1, -0.05) is 49.1 Å². The largest absolute Gasteiger partial charge is 0.490 e. The van der Waals surface area contributed by atoms with Gasteiger partial charge in [0.1, 0.15) is 19.0 Å². The van der Waals surface area contributed by atoms with Gasteiger partial charge in [0.05, 0.1) is 4.75 Å². The summed E-state index contributed by atoms with van der Waals surface area (Å²) < 4.78 is 10.9. The molecule has 0 N–H and O–H groups in total. The van der Waals surface area contributed by atoms with Crippen LogP contribution in [0.2, 0.25) is 0 Å². The third kappa shape index (κ3) is 2.83. The molecule has 1 aromatic rings. The first-order valence-corrected chi connectivity index (χ1v) is 8.10. The summed E-state index contributed by atoms with van der Waals surface area (Å²) in [5, 5.41) is 0.489. The lowest BCUT2D eigenvalue weighted by Crippen LogP contribution is -2.15. The molecule has 0 aromatic heterocycles. The van der Waals surface area contributed by atoms with Gasteiger partial charge in [-0.2, -0.15) is 0 Å². The molecule has 114 valence electrons. The van der Waals surface area contributed by atoms with Crippen molar-refractivity contribution in [1.29, 1.82) is 0 Å². The molecule has 2 unspecified atom stereocenters. The minimum atomic E-state index is -0.381. The highest BCUT2D eigenvalue weighted by Crippen LogP contribution is 2.65. The molecule has 3 rings (SSSR count). The topological polar surface area (TPSA) is 35.5 Å². The van der Waals surface area contributed by atoms with Crippen LogP contribution < -0.4 is 4.74 Å². The molecule has 1 fully saturated rings. The minimum Gasteiger partial charge on any atom is -0.490 e. The summed E-state index contributed by atoms with van der Waals surface area (Å²) in [7, 11) is 0. The zero-order valence-corrected chi connectivity index (χ0v) is 13.3. The quantitative estimate of drug-likeness (QED) is 0.348. The van der Waals surface area contributed by atoms with E-state index in [1.165, 1.54) is 5.56 Å². The van der Waals surface area contributed by atoms with E-state index in [1.807, 2.05) is 30.0 Å². The number of benzene rings is 1. The molecule has 22 heavy (non-hydrogen) atoms. The molecule has 1 aromatic carbocycles. The van der Waals surface area contributed by atoms with Crippen LogP contribution in [0.3, 0.4) is 0 Å². The van der Waals surface area contributed by atoms with E-state index in [2.05, 4.69) is 36.9 Å². The summed E-state index contributed by atoms with van der Waals surface area (Å²) >= 11 is 1.91. The Kier molecular flexibility index (Phi) is 4.12. The van der Waals surface area contributed by atoms with Gasteiger partial charge in [-0.25, -0.2) is 4.79 Å². The SMILES string of the molecule is C=C(C)C(=O)OCCOc1ccccc1C12C=CC=CC1S2. The Hall–Kier alpha value is -1.94. The molecule has 0 amide bonds. The number of carbonyl (C=O) groups excluding carboxylic acids is 1. The van der Waals surface area contributed by atoms with Crippen molar-refractivity contribution in [3.63, 3.8) is 0 Å². The van der Waals surface area contributed by atoms with Gasteiger partial charge in [-0.15, -0.1) is 11.8 Å². The van der Waals surface area contributed by atoms with Crippen molar-refractivity contribution >= 4 is 17.7 Å². The van der Waals surface area contributed by atoms with Crippen LogP contribution in [0.5, 0.6) is 5.75 Å². The number of rotatable bonds is 6.